The molecule has 0 rings (SSSR count). The molecule has 0 aliphatic heterocycles. The lowest BCUT2D eigenvalue weighted by Crippen LogP contribution is -2.10. The zero-order chi connectivity index (χ0) is 25.0. The van der Waals surface area contributed by atoms with Crippen LogP contribution in [0, 0.1) is 6.61 Å². The van der Waals surface area contributed by atoms with Crippen molar-refractivity contribution in [3.63, 3.8) is 0 Å². The first-order valence-electron chi connectivity index (χ1n) is 14.9. The highest BCUT2D eigenvalue weighted by molar-refractivity contribution is 5.70. The van der Waals surface area contributed by atoms with Crippen LogP contribution in [-0.2, 0) is 19.1 Å². The first-order chi connectivity index (χ1) is 16.7. The van der Waals surface area contributed by atoms with Gasteiger partial charge in [-0.3, -0.25) is 9.59 Å². The van der Waals surface area contributed by atoms with E-state index in [1.165, 1.54) is 122 Å². The molecule has 0 aromatic heterocycles. The molecule has 0 aliphatic carbocycles. The van der Waals surface area contributed by atoms with Gasteiger partial charge in [0.1, 0.15) is 6.61 Å². The summed E-state index contributed by atoms with van der Waals surface area (Å²) in [5, 5.41) is 0. The lowest BCUT2D eigenvalue weighted by Gasteiger charge is -2.06. The highest BCUT2D eigenvalue weighted by Gasteiger charge is 2.06. The Hall–Kier alpha value is -1.06. The Morgan fingerprint density at radius 2 is 0.794 bits per heavy atom. The van der Waals surface area contributed by atoms with E-state index in [2.05, 4.69) is 13.8 Å². The molecule has 4 nitrogen and oxygen atoms in total. The Morgan fingerprint density at radius 1 is 0.471 bits per heavy atom. The fraction of sp³-hybridized carbons (Fsp3) is 0.900. The summed E-state index contributed by atoms with van der Waals surface area (Å²) in [7, 11) is 0. The Kier molecular flexibility index (Phi) is 27.3. The molecular formula is C30H57O4. The Labute approximate surface area is 212 Å². The normalized spacial score (nSPS) is 11.0. The minimum Gasteiger partial charge on any atom is -0.462 e. The molecule has 0 aromatic carbocycles. The maximum Gasteiger partial charge on any atom is 0.306 e. The van der Waals surface area contributed by atoms with Crippen molar-refractivity contribution >= 4 is 11.9 Å². The van der Waals surface area contributed by atoms with E-state index in [-0.39, 0.29) is 18.5 Å². The van der Waals surface area contributed by atoms with Crippen LogP contribution >= 0.6 is 0 Å². The molecule has 0 saturated heterocycles. The zero-order valence-electron chi connectivity index (χ0n) is 22.9. The van der Waals surface area contributed by atoms with Gasteiger partial charge in [0.25, 0.3) is 0 Å². The van der Waals surface area contributed by atoms with Crippen molar-refractivity contribution in [1.82, 2.24) is 0 Å². The molecule has 0 amide bonds. The summed E-state index contributed by atoms with van der Waals surface area (Å²) in [6, 6.07) is 0. The minimum atomic E-state index is -0.225. The van der Waals surface area contributed by atoms with Crippen LogP contribution in [0.3, 0.4) is 0 Å². The highest BCUT2D eigenvalue weighted by atomic mass is 16.6. The Morgan fingerprint density at radius 3 is 1.18 bits per heavy atom. The molecule has 0 fully saturated rings. The van der Waals surface area contributed by atoms with E-state index in [0.717, 1.165) is 25.7 Å². The van der Waals surface area contributed by atoms with Gasteiger partial charge in [0, 0.05) is 12.8 Å². The van der Waals surface area contributed by atoms with Gasteiger partial charge in [-0.05, 0) is 12.8 Å². The number of unbranched alkanes of at least 4 members (excludes halogenated alkanes) is 20. The molecule has 0 unspecified atom stereocenters. The van der Waals surface area contributed by atoms with Gasteiger partial charge in [0.05, 0.1) is 0 Å². The molecule has 0 N–H and O–H groups in total. The number of rotatable bonds is 27. The van der Waals surface area contributed by atoms with Crippen LogP contribution in [0.2, 0.25) is 0 Å². The fourth-order valence-corrected chi connectivity index (χ4v) is 4.25. The van der Waals surface area contributed by atoms with E-state index < -0.39 is 0 Å². The van der Waals surface area contributed by atoms with E-state index in [4.69, 9.17) is 9.47 Å². The minimum absolute atomic E-state index is 0.0564. The van der Waals surface area contributed by atoms with Crippen LogP contribution in [-0.4, -0.2) is 18.5 Å². The standard InChI is InChI=1S/C30H57O4/c1-3-5-7-9-11-13-15-17-19-21-23-25-29(31)33-27-28-34-30(32)26-24-22-20-18-16-14-12-10-8-6-4-2/h27H,3-26,28H2,1-2H3. The average Bonchev–Trinajstić information content (AvgIpc) is 2.83. The van der Waals surface area contributed by atoms with Crippen molar-refractivity contribution in [3.8, 4) is 0 Å². The largest absolute Gasteiger partial charge is 0.462 e. The number of esters is 2. The molecule has 0 heterocycles. The van der Waals surface area contributed by atoms with E-state index in [1.807, 2.05) is 0 Å². The molecule has 0 bridgehead atoms. The van der Waals surface area contributed by atoms with E-state index in [0.29, 0.717) is 12.8 Å². The summed E-state index contributed by atoms with van der Waals surface area (Å²) in [6.45, 7) is 5.88. The van der Waals surface area contributed by atoms with E-state index >= 15 is 0 Å². The quantitative estimate of drug-likeness (QED) is 0.0865. The van der Waals surface area contributed by atoms with Crippen molar-refractivity contribution in [2.24, 2.45) is 0 Å². The molecule has 1 radical (unpaired) electrons. The molecule has 0 aromatic rings. The monoisotopic (exact) mass is 481 g/mol. The second kappa shape index (κ2) is 28.2. The fourth-order valence-electron chi connectivity index (χ4n) is 4.25. The molecule has 0 saturated carbocycles. The van der Waals surface area contributed by atoms with Gasteiger partial charge in [-0.25, -0.2) is 0 Å². The molecule has 4 heteroatoms. The smallest absolute Gasteiger partial charge is 0.306 e. The molecule has 0 atom stereocenters. The summed E-state index contributed by atoms with van der Waals surface area (Å²) in [4.78, 5) is 23.5. The molecular weight excluding hydrogens is 424 g/mol. The molecule has 0 aliphatic rings. The number of hydrogen-bond donors (Lipinski definition) is 0. The van der Waals surface area contributed by atoms with Gasteiger partial charge < -0.3 is 9.47 Å². The van der Waals surface area contributed by atoms with Crippen LogP contribution in [0.4, 0.5) is 0 Å². The zero-order valence-corrected chi connectivity index (χ0v) is 22.9. The highest BCUT2D eigenvalue weighted by Crippen LogP contribution is 2.13. The van der Waals surface area contributed by atoms with Gasteiger partial charge in [-0.1, -0.05) is 142 Å². The number of hydrogen-bond acceptors (Lipinski definition) is 4. The van der Waals surface area contributed by atoms with Crippen LogP contribution in [0.1, 0.15) is 168 Å². The number of carbonyl (C=O) groups is 2. The summed E-state index contributed by atoms with van der Waals surface area (Å²) >= 11 is 0. The lowest BCUT2D eigenvalue weighted by atomic mass is 10.1. The van der Waals surface area contributed by atoms with Gasteiger partial charge >= 0.3 is 11.9 Å². The Bertz CT molecular complexity index is 396. The summed E-state index contributed by atoms with van der Waals surface area (Å²) in [5.41, 5.74) is 0. The van der Waals surface area contributed by atoms with Gasteiger partial charge in [-0.15, -0.1) is 0 Å². The number of carbonyl (C=O) groups excluding carboxylic acids is 2. The molecule has 34 heavy (non-hydrogen) atoms. The molecule has 201 valence electrons. The van der Waals surface area contributed by atoms with Crippen LogP contribution in [0.5, 0.6) is 0 Å². The van der Waals surface area contributed by atoms with Gasteiger partial charge in [0.15, 0.2) is 6.61 Å². The van der Waals surface area contributed by atoms with Crippen molar-refractivity contribution in [2.75, 3.05) is 6.61 Å². The van der Waals surface area contributed by atoms with E-state index in [9.17, 15) is 9.59 Å². The Balaban J connectivity index is 3.28. The third-order valence-electron chi connectivity index (χ3n) is 6.50. The van der Waals surface area contributed by atoms with Crippen molar-refractivity contribution in [1.29, 1.82) is 0 Å². The van der Waals surface area contributed by atoms with Gasteiger partial charge in [0.2, 0.25) is 0 Å². The van der Waals surface area contributed by atoms with Crippen LogP contribution < -0.4 is 0 Å². The van der Waals surface area contributed by atoms with Gasteiger partial charge in [-0.2, -0.15) is 0 Å². The molecule has 0 spiro atoms. The predicted molar refractivity (Wildman–Crippen MR) is 144 cm³/mol. The second-order valence-corrected chi connectivity index (χ2v) is 9.91. The van der Waals surface area contributed by atoms with Crippen molar-refractivity contribution < 1.29 is 19.1 Å². The summed E-state index contributed by atoms with van der Waals surface area (Å²) < 4.78 is 10.2. The SMILES string of the molecule is CCCCCCCCCCCCCC(=O)O[CH]COC(=O)CCCCCCCCCCCCC. The average molecular weight is 482 g/mol. The topological polar surface area (TPSA) is 52.6 Å². The summed E-state index contributed by atoms with van der Waals surface area (Å²) in [6.07, 6.45) is 28.7. The lowest BCUT2D eigenvalue weighted by molar-refractivity contribution is -0.148. The first kappa shape index (κ1) is 32.9. The van der Waals surface area contributed by atoms with Crippen LogP contribution in [0.25, 0.3) is 0 Å². The predicted octanol–water partition coefficient (Wildman–Crippen LogP) is 9.64. The number of ether oxygens (including phenoxy) is 2. The second-order valence-electron chi connectivity index (χ2n) is 9.91. The first-order valence-corrected chi connectivity index (χ1v) is 14.9. The van der Waals surface area contributed by atoms with Crippen LogP contribution in [0.15, 0.2) is 0 Å². The van der Waals surface area contributed by atoms with Crippen molar-refractivity contribution in [2.45, 2.75) is 168 Å². The van der Waals surface area contributed by atoms with Crippen molar-refractivity contribution in [3.05, 3.63) is 6.61 Å². The van der Waals surface area contributed by atoms with E-state index in [1.54, 1.807) is 0 Å². The summed E-state index contributed by atoms with van der Waals surface area (Å²) in [5.74, 6) is -0.425. The maximum absolute atomic E-state index is 11.8. The third-order valence-corrected chi connectivity index (χ3v) is 6.50. The third kappa shape index (κ3) is 27.2. The maximum atomic E-state index is 11.8.